The molecule has 0 saturated heterocycles. The Kier molecular flexibility index (Phi) is 8.18. The van der Waals surface area contributed by atoms with Gasteiger partial charge in [0.2, 0.25) is 11.1 Å². The monoisotopic (exact) mass is 577 g/mol. The molecule has 3 aromatic carbocycles. The molecule has 11 heteroatoms. The number of hydrogen-bond donors (Lipinski definition) is 2. The highest BCUT2D eigenvalue weighted by Crippen LogP contribution is 2.37. The number of anilines is 2. The average molecular weight is 578 g/mol. The standard InChI is InChI=1S/C29H25ClFN5O3S/c1-3-39-27(38)20-8-14-23(15-9-20)33-26(37)24-17(2)32-28-34-29(40-16-18-4-10-21(30)11-5-18)35-36(28)25(24)19-6-12-22(31)13-7-19/h4-15,25H,3,16H2,1-2H3,(H,33,37)(H,32,34,35). The highest BCUT2D eigenvalue weighted by Gasteiger charge is 2.34. The van der Waals surface area contributed by atoms with Crippen molar-refractivity contribution in [1.29, 1.82) is 0 Å². The van der Waals surface area contributed by atoms with Gasteiger partial charge in [-0.1, -0.05) is 47.6 Å². The van der Waals surface area contributed by atoms with Gasteiger partial charge in [0, 0.05) is 22.2 Å². The summed E-state index contributed by atoms with van der Waals surface area (Å²) in [5.41, 5.74) is 3.60. The molecule has 8 nitrogen and oxygen atoms in total. The largest absolute Gasteiger partial charge is 0.462 e. The third-order valence-corrected chi connectivity index (χ3v) is 7.36. The number of carbonyl (C=O) groups excluding carboxylic acids is 2. The Morgan fingerprint density at radius 2 is 1.77 bits per heavy atom. The van der Waals surface area contributed by atoms with Crippen LogP contribution in [-0.4, -0.2) is 33.2 Å². The van der Waals surface area contributed by atoms with Gasteiger partial charge in [0.25, 0.3) is 5.91 Å². The molecule has 1 aliphatic rings. The topological polar surface area (TPSA) is 98.1 Å². The number of halogens is 2. The Hall–Kier alpha value is -4.15. The van der Waals surface area contributed by atoms with Crippen molar-refractivity contribution >= 4 is 46.9 Å². The van der Waals surface area contributed by atoms with Gasteiger partial charge in [-0.25, -0.2) is 13.9 Å². The fourth-order valence-corrected chi connectivity index (χ4v) is 5.18. The number of rotatable bonds is 8. The highest BCUT2D eigenvalue weighted by atomic mass is 35.5. The van der Waals surface area contributed by atoms with Crippen molar-refractivity contribution in [1.82, 2.24) is 14.8 Å². The zero-order valence-corrected chi connectivity index (χ0v) is 23.2. The minimum Gasteiger partial charge on any atom is -0.462 e. The summed E-state index contributed by atoms with van der Waals surface area (Å²) in [5, 5.41) is 12.0. The van der Waals surface area contributed by atoms with Crippen LogP contribution in [0, 0.1) is 5.82 Å². The Balaban J connectivity index is 1.42. The summed E-state index contributed by atoms with van der Waals surface area (Å²) in [6.07, 6.45) is 0. The van der Waals surface area contributed by atoms with Crippen molar-refractivity contribution < 1.29 is 18.7 Å². The number of nitrogens with one attached hydrogen (secondary N) is 2. The normalized spacial score (nSPS) is 14.3. The van der Waals surface area contributed by atoms with E-state index in [1.807, 2.05) is 24.3 Å². The van der Waals surface area contributed by atoms with Crippen LogP contribution in [0.3, 0.4) is 0 Å². The number of nitrogens with zero attached hydrogens (tertiary/aromatic N) is 3. The maximum Gasteiger partial charge on any atom is 0.338 e. The lowest BCUT2D eigenvalue weighted by Crippen LogP contribution is -2.31. The Labute approximate surface area is 239 Å². The molecule has 5 rings (SSSR count). The summed E-state index contributed by atoms with van der Waals surface area (Å²) in [6, 6.07) is 19.3. The van der Waals surface area contributed by atoms with E-state index in [2.05, 4.69) is 15.6 Å². The van der Waals surface area contributed by atoms with E-state index in [9.17, 15) is 14.0 Å². The molecule has 4 aromatic rings. The van der Waals surface area contributed by atoms with E-state index < -0.39 is 12.0 Å². The lowest BCUT2D eigenvalue weighted by Gasteiger charge is -2.28. The number of fused-ring (bicyclic) bond motifs is 1. The molecule has 1 aliphatic heterocycles. The number of carbonyl (C=O) groups is 2. The minimum absolute atomic E-state index is 0.272. The van der Waals surface area contributed by atoms with Gasteiger partial charge in [-0.15, -0.1) is 5.10 Å². The molecular formula is C29H25ClFN5O3S. The van der Waals surface area contributed by atoms with E-state index in [1.165, 1.54) is 23.9 Å². The molecule has 0 spiro atoms. The van der Waals surface area contributed by atoms with Crippen LogP contribution < -0.4 is 10.6 Å². The van der Waals surface area contributed by atoms with Gasteiger partial charge in [-0.3, -0.25) is 4.79 Å². The van der Waals surface area contributed by atoms with Crippen molar-refractivity contribution in [3.63, 3.8) is 0 Å². The van der Waals surface area contributed by atoms with Gasteiger partial charge in [0.15, 0.2) is 0 Å². The summed E-state index contributed by atoms with van der Waals surface area (Å²) in [4.78, 5) is 30.3. The molecule has 0 saturated carbocycles. The Bertz CT molecular complexity index is 1570. The van der Waals surface area contributed by atoms with E-state index in [4.69, 9.17) is 21.4 Å². The average Bonchev–Trinajstić information content (AvgIpc) is 3.35. The molecule has 1 aromatic heterocycles. The third kappa shape index (κ3) is 6.03. The van der Waals surface area contributed by atoms with E-state index in [0.717, 1.165) is 5.56 Å². The van der Waals surface area contributed by atoms with Crippen LogP contribution in [0.2, 0.25) is 5.02 Å². The first-order valence-corrected chi connectivity index (χ1v) is 13.8. The summed E-state index contributed by atoms with van der Waals surface area (Å²) in [7, 11) is 0. The predicted molar refractivity (Wildman–Crippen MR) is 153 cm³/mol. The second-order valence-corrected chi connectivity index (χ2v) is 10.3. The van der Waals surface area contributed by atoms with Crippen molar-refractivity contribution in [3.8, 4) is 0 Å². The first-order chi connectivity index (χ1) is 19.3. The van der Waals surface area contributed by atoms with Crippen LogP contribution in [0.25, 0.3) is 0 Å². The van der Waals surface area contributed by atoms with Gasteiger partial charge in [-0.2, -0.15) is 4.98 Å². The number of allylic oxidation sites excluding steroid dienone is 1. The maximum atomic E-state index is 13.8. The van der Waals surface area contributed by atoms with Crippen molar-refractivity contribution in [2.24, 2.45) is 0 Å². The first-order valence-electron chi connectivity index (χ1n) is 12.5. The third-order valence-electron chi connectivity index (χ3n) is 6.20. The van der Waals surface area contributed by atoms with Gasteiger partial charge in [-0.05, 0) is 73.5 Å². The van der Waals surface area contributed by atoms with Gasteiger partial charge < -0.3 is 15.4 Å². The Morgan fingerprint density at radius 3 is 2.45 bits per heavy atom. The molecule has 40 heavy (non-hydrogen) atoms. The van der Waals surface area contributed by atoms with Crippen LogP contribution in [0.15, 0.2) is 89.2 Å². The molecule has 0 aliphatic carbocycles. The van der Waals surface area contributed by atoms with Crippen LogP contribution >= 0.6 is 23.4 Å². The number of hydrogen-bond acceptors (Lipinski definition) is 7. The Morgan fingerprint density at radius 1 is 1.07 bits per heavy atom. The summed E-state index contributed by atoms with van der Waals surface area (Å²) < 4.78 is 20.5. The first kappa shape index (κ1) is 27.4. The van der Waals surface area contributed by atoms with Crippen LogP contribution in [-0.2, 0) is 15.3 Å². The number of ether oxygens (including phenoxy) is 1. The number of aromatic nitrogens is 3. The lowest BCUT2D eigenvalue weighted by molar-refractivity contribution is -0.113. The molecule has 1 amide bonds. The number of benzene rings is 3. The van der Waals surface area contributed by atoms with E-state index in [-0.39, 0.29) is 18.3 Å². The van der Waals surface area contributed by atoms with Crippen LogP contribution in [0.4, 0.5) is 16.0 Å². The number of thioether (sulfide) groups is 1. The second-order valence-electron chi connectivity index (χ2n) is 8.95. The fraction of sp³-hybridized carbons (Fsp3) is 0.172. The summed E-state index contributed by atoms with van der Waals surface area (Å²) >= 11 is 7.44. The van der Waals surface area contributed by atoms with Gasteiger partial charge in [0.1, 0.15) is 11.9 Å². The smallest absolute Gasteiger partial charge is 0.338 e. The molecule has 204 valence electrons. The fourth-order valence-electron chi connectivity index (χ4n) is 4.27. The second kappa shape index (κ2) is 11.9. The molecule has 1 atom stereocenters. The molecule has 2 N–H and O–H groups in total. The molecule has 0 radical (unpaired) electrons. The van der Waals surface area contributed by atoms with Gasteiger partial charge in [0.05, 0.1) is 17.7 Å². The quantitative estimate of drug-likeness (QED) is 0.183. The highest BCUT2D eigenvalue weighted by molar-refractivity contribution is 7.98. The molecule has 0 fully saturated rings. The van der Waals surface area contributed by atoms with E-state index in [1.54, 1.807) is 54.9 Å². The minimum atomic E-state index is -0.659. The molecule has 0 bridgehead atoms. The van der Waals surface area contributed by atoms with Gasteiger partial charge >= 0.3 is 5.97 Å². The number of esters is 1. The van der Waals surface area contributed by atoms with Crippen molar-refractivity contribution in [2.45, 2.75) is 30.8 Å². The zero-order valence-electron chi connectivity index (χ0n) is 21.7. The molecular weight excluding hydrogens is 553 g/mol. The van der Waals surface area contributed by atoms with E-state index >= 15 is 0 Å². The summed E-state index contributed by atoms with van der Waals surface area (Å²) in [6.45, 7) is 3.79. The predicted octanol–water partition coefficient (Wildman–Crippen LogP) is 6.47. The van der Waals surface area contributed by atoms with Crippen LogP contribution in [0.5, 0.6) is 0 Å². The van der Waals surface area contributed by atoms with Crippen LogP contribution in [0.1, 0.15) is 41.4 Å². The van der Waals surface area contributed by atoms with E-state index in [0.29, 0.717) is 50.0 Å². The zero-order chi connectivity index (χ0) is 28.2. The molecule has 1 unspecified atom stereocenters. The number of amides is 1. The lowest BCUT2D eigenvalue weighted by atomic mass is 9.95. The maximum absolute atomic E-state index is 13.8. The summed E-state index contributed by atoms with van der Waals surface area (Å²) in [5.74, 6) is -0.0940. The SMILES string of the molecule is CCOC(=O)c1ccc(NC(=O)C2=C(C)Nc3nc(SCc4ccc(Cl)cc4)nn3C2c2ccc(F)cc2)cc1. The van der Waals surface area contributed by atoms with Crippen molar-refractivity contribution in [2.75, 3.05) is 17.2 Å². The molecule has 2 heterocycles. The van der Waals surface area contributed by atoms with Crippen molar-refractivity contribution in [3.05, 3.63) is 112 Å².